The lowest BCUT2D eigenvalue weighted by atomic mass is 10.0. The highest BCUT2D eigenvalue weighted by atomic mass is 16.5. The molecule has 0 saturated heterocycles. The zero-order valence-electron chi connectivity index (χ0n) is 17.8. The minimum atomic E-state index is -0.675. The van der Waals surface area contributed by atoms with E-state index in [4.69, 9.17) is 9.84 Å². The van der Waals surface area contributed by atoms with E-state index in [2.05, 4.69) is 6.92 Å². The van der Waals surface area contributed by atoms with Crippen LogP contribution in [0.4, 0.5) is 0 Å². The summed E-state index contributed by atoms with van der Waals surface area (Å²) >= 11 is 0. The van der Waals surface area contributed by atoms with Crippen molar-refractivity contribution < 1.29 is 19.4 Å². The summed E-state index contributed by atoms with van der Waals surface area (Å²) in [6, 6.07) is 0. The molecule has 0 aromatic heterocycles. The lowest BCUT2D eigenvalue weighted by molar-refractivity contribution is -0.144. The Morgan fingerprint density at radius 1 is 0.593 bits per heavy atom. The highest BCUT2D eigenvalue weighted by Gasteiger charge is 2.02. The van der Waals surface area contributed by atoms with Crippen LogP contribution < -0.4 is 0 Å². The summed E-state index contributed by atoms with van der Waals surface area (Å²) in [4.78, 5) is 22.0. The van der Waals surface area contributed by atoms with Gasteiger partial charge in [-0.1, -0.05) is 96.8 Å². The monoisotopic (exact) mass is 384 g/mol. The van der Waals surface area contributed by atoms with Crippen LogP contribution in [0.3, 0.4) is 0 Å². The molecule has 1 N–H and O–H groups in total. The predicted molar refractivity (Wildman–Crippen MR) is 112 cm³/mol. The number of unbranched alkanes of at least 4 members (excludes halogenated alkanes) is 15. The number of rotatable bonds is 21. The molecule has 0 amide bonds. The number of hydrogen-bond donors (Lipinski definition) is 1. The molecular weight excluding hydrogens is 340 g/mol. The zero-order valence-corrected chi connectivity index (χ0v) is 17.8. The number of ether oxygens (including phenoxy) is 1. The number of carboxylic acid groups (broad SMARTS) is 1. The molecule has 4 nitrogen and oxygen atoms in total. The summed E-state index contributed by atoms with van der Waals surface area (Å²) in [7, 11) is 0. The fourth-order valence-electron chi connectivity index (χ4n) is 3.28. The predicted octanol–water partition coefficient (Wildman–Crippen LogP) is 7.05. The average molecular weight is 385 g/mol. The van der Waals surface area contributed by atoms with Gasteiger partial charge < -0.3 is 9.84 Å². The maximum atomic E-state index is 11.6. The van der Waals surface area contributed by atoms with Crippen LogP contribution >= 0.6 is 0 Å². The van der Waals surface area contributed by atoms with Gasteiger partial charge in [-0.2, -0.15) is 0 Å². The highest BCUT2D eigenvalue weighted by Crippen LogP contribution is 2.13. The van der Waals surface area contributed by atoms with Crippen molar-refractivity contribution in [3.8, 4) is 0 Å². The van der Waals surface area contributed by atoms with E-state index >= 15 is 0 Å². The molecule has 0 saturated carbocycles. The van der Waals surface area contributed by atoms with E-state index in [0.29, 0.717) is 19.4 Å². The third kappa shape index (κ3) is 22.9. The van der Waals surface area contributed by atoms with Crippen molar-refractivity contribution in [2.24, 2.45) is 0 Å². The lowest BCUT2D eigenvalue weighted by Crippen LogP contribution is -2.05. The van der Waals surface area contributed by atoms with Crippen molar-refractivity contribution in [2.75, 3.05) is 6.61 Å². The van der Waals surface area contributed by atoms with Gasteiger partial charge >= 0.3 is 11.9 Å². The molecule has 0 aromatic carbocycles. The molecule has 0 atom stereocenters. The number of carbonyl (C=O) groups is 2. The standard InChI is InChI=1S/C23H44O4/c1-2-3-4-13-17-20-23(26)27-21-18-15-12-10-8-6-5-7-9-11-14-16-19-22(24)25/h2-21H2,1H3,(H,24,25). The van der Waals surface area contributed by atoms with Crippen LogP contribution in [0, 0.1) is 0 Å². The van der Waals surface area contributed by atoms with Crippen molar-refractivity contribution in [3.63, 3.8) is 0 Å². The SMILES string of the molecule is CCCCCCCC(=O)OCCCCCCCCCCCCCCC(=O)O. The Labute approximate surface area is 167 Å². The number of aliphatic carboxylic acids is 1. The van der Waals surface area contributed by atoms with E-state index in [9.17, 15) is 9.59 Å². The largest absolute Gasteiger partial charge is 0.481 e. The van der Waals surface area contributed by atoms with Gasteiger partial charge in [-0.05, 0) is 19.3 Å². The van der Waals surface area contributed by atoms with Gasteiger partial charge in [-0.25, -0.2) is 0 Å². The smallest absolute Gasteiger partial charge is 0.305 e. The fraction of sp³-hybridized carbons (Fsp3) is 0.913. The summed E-state index contributed by atoms with van der Waals surface area (Å²) in [5.41, 5.74) is 0. The van der Waals surface area contributed by atoms with E-state index in [1.165, 1.54) is 70.6 Å². The van der Waals surface area contributed by atoms with Crippen molar-refractivity contribution in [1.82, 2.24) is 0 Å². The second-order valence-corrected chi connectivity index (χ2v) is 7.77. The first-order valence-corrected chi connectivity index (χ1v) is 11.5. The van der Waals surface area contributed by atoms with Gasteiger partial charge in [0.15, 0.2) is 0 Å². The van der Waals surface area contributed by atoms with E-state index in [1.807, 2.05) is 0 Å². The number of hydrogen-bond acceptors (Lipinski definition) is 3. The summed E-state index contributed by atoms with van der Waals surface area (Å²) in [6.07, 6.45) is 20.9. The van der Waals surface area contributed by atoms with Gasteiger partial charge in [0, 0.05) is 12.8 Å². The Morgan fingerprint density at radius 2 is 1.00 bits per heavy atom. The second-order valence-electron chi connectivity index (χ2n) is 7.77. The molecule has 0 spiro atoms. The summed E-state index contributed by atoms with van der Waals surface area (Å²) < 4.78 is 5.29. The van der Waals surface area contributed by atoms with Gasteiger partial charge in [-0.15, -0.1) is 0 Å². The molecule has 0 radical (unpaired) electrons. The Kier molecular flexibility index (Phi) is 20.4. The van der Waals surface area contributed by atoms with E-state index in [-0.39, 0.29) is 5.97 Å². The summed E-state index contributed by atoms with van der Waals surface area (Å²) in [5.74, 6) is -0.694. The van der Waals surface area contributed by atoms with Gasteiger partial charge in [0.1, 0.15) is 0 Å². The van der Waals surface area contributed by atoms with Crippen molar-refractivity contribution in [3.05, 3.63) is 0 Å². The fourth-order valence-corrected chi connectivity index (χ4v) is 3.28. The Hall–Kier alpha value is -1.06. The average Bonchev–Trinajstić information content (AvgIpc) is 2.64. The molecule has 0 aliphatic carbocycles. The van der Waals surface area contributed by atoms with Gasteiger partial charge in [-0.3, -0.25) is 9.59 Å². The number of esters is 1. The first kappa shape index (κ1) is 25.9. The van der Waals surface area contributed by atoms with Crippen LogP contribution in [0.2, 0.25) is 0 Å². The van der Waals surface area contributed by atoms with Gasteiger partial charge in [0.2, 0.25) is 0 Å². The maximum Gasteiger partial charge on any atom is 0.305 e. The first-order valence-electron chi connectivity index (χ1n) is 11.5. The first-order chi connectivity index (χ1) is 13.2. The number of carboxylic acids is 1. The highest BCUT2D eigenvalue weighted by molar-refractivity contribution is 5.69. The zero-order chi connectivity index (χ0) is 20.0. The van der Waals surface area contributed by atoms with Crippen LogP contribution in [0.5, 0.6) is 0 Å². The molecular formula is C23H44O4. The molecule has 0 aliphatic rings. The normalized spacial score (nSPS) is 10.9. The molecule has 27 heavy (non-hydrogen) atoms. The second kappa shape index (κ2) is 21.2. The summed E-state index contributed by atoms with van der Waals surface area (Å²) in [5, 5.41) is 8.56. The quantitative estimate of drug-likeness (QED) is 0.170. The minimum absolute atomic E-state index is 0.0190. The minimum Gasteiger partial charge on any atom is -0.481 e. The molecule has 0 aliphatic heterocycles. The third-order valence-electron chi connectivity index (χ3n) is 5.03. The van der Waals surface area contributed by atoms with E-state index < -0.39 is 5.97 Å². The van der Waals surface area contributed by atoms with Crippen LogP contribution in [-0.4, -0.2) is 23.7 Å². The van der Waals surface area contributed by atoms with Crippen LogP contribution in [-0.2, 0) is 14.3 Å². The topological polar surface area (TPSA) is 63.6 Å². The molecule has 0 unspecified atom stereocenters. The van der Waals surface area contributed by atoms with Gasteiger partial charge in [0.05, 0.1) is 6.61 Å². The molecule has 0 bridgehead atoms. The van der Waals surface area contributed by atoms with Crippen molar-refractivity contribution in [2.45, 2.75) is 129 Å². The molecule has 0 aromatic rings. The van der Waals surface area contributed by atoms with Gasteiger partial charge in [0.25, 0.3) is 0 Å². The summed E-state index contributed by atoms with van der Waals surface area (Å²) in [6.45, 7) is 2.79. The lowest BCUT2D eigenvalue weighted by Gasteiger charge is -2.05. The van der Waals surface area contributed by atoms with Crippen LogP contribution in [0.25, 0.3) is 0 Å². The third-order valence-corrected chi connectivity index (χ3v) is 5.03. The van der Waals surface area contributed by atoms with E-state index in [0.717, 1.165) is 38.5 Å². The van der Waals surface area contributed by atoms with Crippen LogP contribution in [0.1, 0.15) is 129 Å². The molecule has 4 heteroatoms. The Bertz CT molecular complexity index is 341. The number of carbonyl (C=O) groups excluding carboxylic acids is 1. The Morgan fingerprint density at radius 3 is 1.48 bits per heavy atom. The molecule has 0 fully saturated rings. The Balaban J connectivity index is 3.12. The van der Waals surface area contributed by atoms with Crippen molar-refractivity contribution >= 4 is 11.9 Å². The van der Waals surface area contributed by atoms with Crippen molar-refractivity contribution in [1.29, 1.82) is 0 Å². The van der Waals surface area contributed by atoms with E-state index in [1.54, 1.807) is 0 Å². The maximum absolute atomic E-state index is 11.6. The molecule has 0 heterocycles. The van der Waals surface area contributed by atoms with Crippen LogP contribution in [0.15, 0.2) is 0 Å². The molecule has 0 rings (SSSR count). The molecule has 160 valence electrons.